The van der Waals surface area contributed by atoms with E-state index in [0.29, 0.717) is 17.2 Å². The van der Waals surface area contributed by atoms with Gasteiger partial charge in [-0.1, -0.05) is 22.7 Å². The van der Waals surface area contributed by atoms with Crippen molar-refractivity contribution in [2.45, 2.75) is 38.3 Å². The summed E-state index contributed by atoms with van der Waals surface area (Å²) in [5.74, 6) is 0.151. The van der Waals surface area contributed by atoms with E-state index in [0.717, 1.165) is 43.8 Å². The molecular formula is C19H22N4O3S. The molecule has 1 N–H and O–H groups in total. The van der Waals surface area contributed by atoms with Gasteiger partial charge in [-0.3, -0.25) is 14.5 Å². The Labute approximate surface area is 161 Å². The van der Waals surface area contributed by atoms with Gasteiger partial charge in [-0.15, -0.1) is 5.10 Å². The molecule has 0 radical (unpaired) electrons. The zero-order valence-corrected chi connectivity index (χ0v) is 15.8. The number of amides is 2. The van der Waals surface area contributed by atoms with E-state index in [4.69, 9.17) is 4.74 Å². The third-order valence-corrected chi connectivity index (χ3v) is 5.58. The Morgan fingerprint density at radius 2 is 2.04 bits per heavy atom. The van der Waals surface area contributed by atoms with Crippen LogP contribution >= 0.6 is 11.5 Å². The number of carbonyl (C=O) groups excluding carboxylic acids is 2. The Morgan fingerprint density at radius 1 is 1.22 bits per heavy atom. The summed E-state index contributed by atoms with van der Waals surface area (Å²) in [5.41, 5.74) is 0.236. The fourth-order valence-corrected chi connectivity index (χ4v) is 3.83. The third-order valence-electron chi connectivity index (χ3n) is 4.89. The van der Waals surface area contributed by atoms with Crippen LogP contribution in [0.1, 0.15) is 41.0 Å². The van der Waals surface area contributed by atoms with Gasteiger partial charge in [-0.05, 0) is 55.9 Å². The number of piperidine rings is 1. The maximum atomic E-state index is 13.1. The molecule has 8 heteroatoms. The summed E-state index contributed by atoms with van der Waals surface area (Å²) in [6, 6.07) is 9.39. The van der Waals surface area contributed by atoms with Crippen LogP contribution in [0.25, 0.3) is 0 Å². The van der Waals surface area contributed by atoms with E-state index >= 15 is 0 Å². The number of hydrogen-bond acceptors (Lipinski definition) is 7. The van der Waals surface area contributed by atoms with E-state index in [-0.39, 0.29) is 36.1 Å². The van der Waals surface area contributed by atoms with Gasteiger partial charge in [0.15, 0.2) is 5.69 Å². The number of nitrogens with zero attached hydrogens (tertiary/aromatic N) is 3. The van der Waals surface area contributed by atoms with Crippen molar-refractivity contribution in [2.24, 2.45) is 5.92 Å². The molecule has 1 saturated heterocycles. The van der Waals surface area contributed by atoms with Crippen LogP contribution in [0.3, 0.4) is 0 Å². The number of ether oxygens (including phenoxy) is 1. The zero-order valence-electron chi connectivity index (χ0n) is 15.0. The fourth-order valence-electron chi connectivity index (χ4n) is 3.28. The molecule has 0 bridgehead atoms. The average molecular weight is 386 g/mol. The first-order valence-electron chi connectivity index (χ1n) is 9.31. The highest BCUT2D eigenvalue weighted by Gasteiger charge is 2.42. The molecule has 4 rings (SSSR count). The van der Waals surface area contributed by atoms with Gasteiger partial charge in [-0.2, -0.15) is 0 Å². The quantitative estimate of drug-likeness (QED) is 0.767. The lowest BCUT2D eigenvalue weighted by atomic mass is 9.98. The van der Waals surface area contributed by atoms with Gasteiger partial charge in [0.05, 0.1) is 10.8 Å². The van der Waals surface area contributed by atoms with E-state index in [1.165, 1.54) is 4.90 Å². The van der Waals surface area contributed by atoms with Crippen LogP contribution in [0.4, 0.5) is 0 Å². The zero-order chi connectivity index (χ0) is 18.6. The van der Waals surface area contributed by atoms with Crippen LogP contribution < -0.4 is 10.1 Å². The number of carbonyl (C=O) groups is 2. The third kappa shape index (κ3) is 4.17. The van der Waals surface area contributed by atoms with E-state index in [1.54, 1.807) is 0 Å². The first kappa shape index (κ1) is 18.1. The molecule has 1 aromatic carbocycles. The van der Waals surface area contributed by atoms with Gasteiger partial charge in [0.25, 0.3) is 5.91 Å². The van der Waals surface area contributed by atoms with Crippen molar-refractivity contribution in [1.82, 2.24) is 19.8 Å². The summed E-state index contributed by atoms with van der Waals surface area (Å²) in [5, 5.41) is 7.27. The van der Waals surface area contributed by atoms with Crippen LogP contribution in [-0.4, -0.2) is 45.4 Å². The smallest absolute Gasteiger partial charge is 0.282 e. The molecule has 2 aliphatic rings. The molecule has 0 spiro atoms. The Balaban J connectivity index is 1.49. The number of para-hydroxylation sites is 1. The number of imide groups is 1. The van der Waals surface area contributed by atoms with Crippen molar-refractivity contribution in [3.8, 4) is 5.75 Å². The minimum atomic E-state index is -0.339. The van der Waals surface area contributed by atoms with Crippen molar-refractivity contribution in [3.05, 3.63) is 40.9 Å². The standard InChI is InChI=1S/C19H22N4O3S/c24-18(13-5-4-10-20-11-13)23(14-8-9-14)19(25)17-16(27-22-21-17)12-26-15-6-2-1-3-7-15/h1-3,6-7,13-14,20H,4-5,8-12H2. The highest BCUT2D eigenvalue weighted by molar-refractivity contribution is 7.05. The second-order valence-electron chi connectivity index (χ2n) is 6.93. The summed E-state index contributed by atoms with van der Waals surface area (Å²) in [7, 11) is 0. The topological polar surface area (TPSA) is 84.4 Å². The van der Waals surface area contributed by atoms with Crippen LogP contribution in [0.15, 0.2) is 30.3 Å². The largest absolute Gasteiger partial charge is 0.488 e. The van der Waals surface area contributed by atoms with Gasteiger partial charge in [0.2, 0.25) is 5.91 Å². The predicted molar refractivity (Wildman–Crippen MR) is 100 cm³/mol. The van der Waals surface area contributed by atoms with Gasteiger partial charge >= 0.3 is 0 Å². The van der Waals surface area contributed by atoms with E-state index in [1.807, 2.05) is 30.3 Å². The average Bonchev–Trinajstić information content (AvgIpc) is 3.43. The molecule has 1 atom stereocenters. The summed E-state index contributed by atoms with van der Waals surface area (Å²) in [6.07, 6.45) is 3.51. The van der Waals surface area contributed by atoms with E-state index in [2.05, 4.69) is 14.9 Å². The molecule has 2 heterocycles. The molecule has 2 fully saturated rings. The van der Waals surface area contributed by atoms with E-state index in [9.17, 15) is 9.59 Å². The fraction of sp³-hybridized carbons (Fsp3) is 0.474. The highest BCUT2D eigenvalue weighted by atomic mass is 32.1. The summed E-state index contributed by atoms with van der Waals surface area (Å²) >= 11 is 1.14. The Kier molecular flexibility index (Phi) is 5.45. The molecule has 2 aromatic rings. The highest BCUT2D eigenvalue weighted by Crippen LogP contribution is 2.31. The molecule has 142 valence electrons. The number of benzene rings is 1. The monoisotopic (exact) mass is 386 g/mol. The van der Waals surface area contributed by atoms with Crippen LogP contribution in [0.5, 0.6) is 5.75 Å². The number of nitrogens with one attached hydrogen (secondary N) is 1. The number of hydrogen-bond donors (Lipinski definition) is 1. The van der Waals surface area contributed by atoms with Gasteiger partial charge < -0.3 is 10.1 Å². The normalized spacial score (nSPS) is 19.5. The molecule has 7 nitrogen and oxygen atoms in total. The SMILES string of the molecule is O=C(c1nnsc1COc1ccccc1)N(C(=O)C1CCCNC1)C1CC1. The summed E-state index contributed by atoms with van der Waals surface area (Å²) in [4.78, 5) is 28.2. The summed E-state index contributed by atoms with van der Waals surface area (Å²) < 4.78 is 9.67. The Bertz CT molecular complexity index is 800. The van der Waals surface area contributed by atoms with Gasteiger partial charge in [-0.25, -0.2) is 0 Å². The van der Waals surface area contributed by atoms with Crippen LogP contribution in [-0.2, 0) is 11.4 Å². The Hall–Kier alpha value is -2.32. The number of aromatic nitrogens is 2. The number of rotatable bonds is 6. The molecule has 1 aliphatic heterocycles. The van der Waals surface area contributed by atoms with Crippen LogP contribution in [0.2, 0.25) is 0 Å². The van der Waals surface area contributed by atoms with Crippen molar-refractivity contribution >= 4 is 23.3 Å². The van der Waals surface area contributed by atoms with Gasteiger partial charge in [0, 0.05) is 12.6 Å². The molecular weight excluding hydrogens is 364 g/mol. The first-order valence-corrected chi connectivity index (χ1v) is 10.1. The van der Waals surface area contributed by atoms with Crippen molar-refractivity contribution in [1.29, 1.82) is 0 Å². The molecule has 1 aromatic heterocycles. The maximum Gasteiger partial charge on any atom is 0.282 e. The molecule has 1 unspecified atom stereocenters. The molecule has 2 amide bonds. The second-order valence-corrected chi connectivity index (χ2v) is 7.77. The van der Waals surface area contributed by atoms with Gasteiger partial charge in [0.1, 0.15) is 12.4 Å². The minimum absolute atomic E-state index is 0.00322. The summed E-state index contributed by atoms with van der Waals surface area (Å²) in [6.45, 7) is 1.77. The molecule has 27 heavy (non-hydrogen) atoms. The lowest BCUT2D eigenvalue weighted by Crippen LogP contribution is -2.47. The van der Waals surface area contributed by atoms with Crippen molar-refractivity contribution in [3.63, 3.8) is 0 Å². The first-order chi connectivity index (χ1) is 13.2. The molecule has 1 saturated carbocycles. The lowest BCUT2D eigenvalue weighted by Gasteiger charge is -2.28. The Morgan fingerprint density at radius 3 is 2.74 bits per heavy atom. The lowest BCUT2D eigenvalue weighted by molar-refractivity contribution is -0.133. The van der Waals surface area contributed by atoms with E-state index < -0.39 is 0 Å². The van der Waals surface area contributed by atoms with Crippen molar-refractivity contribution in [2.75, 3.05) is 13.1 Å². The predicted octanol–water partition coefficient (Wildman–Crippen LogP) is 2.25. The molecule has 1 aliphatic carbocycles. The second kappa shape index (κ2) is 8.14. The maximum absolute atomic E-state index is 13.1. The van der Waals surface area contributed by atoms with Crippen LogP contribution in [0, 0.1) is 5.92 Å². The van der Waals surface area contributed by atoms with Crippen molar-refractivity contribution < 1.29 is 14.3 Å². The minimum Gasteiger partial charge on any atom is -0.488 e.